The minimum Gasteiger partial charge on any atom is -0.494 e. The van der Waals surface area contributed by atoms with Crippen molar-refractivity contribution in [3.8, 4) is 0 Å². The zero-order valence-corrected chi connectivity index (χ0v) is 42.2. The van der Waals surface area contributed by atoms with Crippen LogP contribution in [0.2, 0.25) is 0 Å². The molecule has 0 aromatic heterocycles. The van der Waals surface area contributed by atoms with Gasteiger partial charge < -0.3 is 104 Å². The van der Waals surface area contributed by atoms with Crippen molar-refractivity contribution in [3.05, 3.63) is 23.0 Å². The average molecular weight is 1030 g/mol. The fourth-order valence-electron chi connectivity index (χ4n) is 14.5. The molecule has 72 heavy (non-hydrogen) atoms. The third kappa shape index (κ3) is 9.90. The maximum Gasteiger partial charge on any atom is 0.187 e. The predicted molar refractivity (Wildman–Crippen MR) is 247 cm³/mol. The molecule has 4 saturated heterocycles. The Balaban J connectivity index is 0.849. The summed E-state index contributed by atoms with van der Waals surface area (Å²) >= 11 is 0. The highest BCUT2D eigenvalue weighted by molar-refractivity contribution is 5.30. The fraction of sp³-hybridized carbons (Fsp3) is 0.922. The third-order valence-electron chi connectivity index (χ3n) is 18.8. The van der Waals surface area contributed by atoms with Crippen LogP contribution in [0.1, 0.15) is 99.3 Å². The number of hydrogen-bond donors (Lipinski definition) is 12. The maximum atomic E-state index is 12.0. The first kappa shape index (κ1) is 55.2. The Morgan fingerprint density at radius 1 is 0.653 bits per heavy atom. The zero-order valence-electron chi connectivity index (χ0n) is 42.2. The van der Waals surface area contributed by atoms with Crippen LogP contribution in [-0.2, 0) is 42.6 Å². The lowest BCUT2D eigenvalue weighted by atomic mass is 9.47. The van der Waals surface area contributed by atoms with Crippen LogP contribution >= 0.6 is 0 Å². The van der Waals surface area contributed by atoms with Gasteiger partial charge in [0.05, 0.1) is 43.9 Å². The summed E-state index contributed by atoms with van der Waals surface area (Å²) in [7, 11) is 0. The van der Waals surface area contributed by atoms with Gasteiger partial charge in [-0.25, -0.2) is 0 Å². The van der Waals surface area contributed by atoms with E-state index in [-0.39, 0.29) is 29.5 Å². The SMILES string of the molecule is CC1=C(CC[C@H](C)CO[C@@H]2O[C@H](CO)[C@@H](O)[C@H](O)[C@H]2O)O[C@H]2C[C@H]3[C@@H]4CC=C5C[C@@H](O[C@@H]6O[C@H](CO)[C@@H](O[C@@H]7O[C@@H](C)[C@H](O)[C@@H](O)[C@H]7O)[C@H](O)[C@H]6O[C@@H]6O[C@@H](C)[C@H](O)[C@@H](O)[C@H]6O)CC[C@]5(C)[C@H]4CC[C@]3(C)[C@H]12. The van der Waals surface area contributed by atoms with Gasteiger partial charge in [0.15, 0.2) is 25.2 Å². The number of rotatable bonds is 14. The van der Waals surface area contributed by atoms with Gasteiger partial charge in [0.1, 0.15) is 91.6 Å². The molecule has 4 aliphatic carbocycles. The summed E-state index contributed by atoms with van der Waals surface area (Å²) in [6.07, 6.45) is -18.8. The molecule has 0 amide bonds. The zero-order chi connectivity index (χ0) is 51.9. The Hall–Kier alpha value is -1.52. The van der Waals surface area contributed by atoms with Crippen LogP contribution in [0.5, 0.6) is 0 Å². The van der Waals surface area contributed by atoms with E-state index in [4.69, 9.17) is 42.6 Å². The maximum absolute atomic E-state index is 12.0. The number of hydrogen-bond acceptors (Lipinski definition) is 21. The smallest absolute Gasteiger partial charge is 0.187 e. The first-order valence-corrected chi connectivity index (χ1v) is 26.4. The van der Waals surface area contributed by atoms with Crippen LogP contribution < -0.4 is 0 Å². The summed E-state index contributed by atoms with van der Waals surface area (Å²) in [5.74, 6) is 2.80. The van der Waals surface area contributed by atoms with Gasteiger partial charge in [-0.05, 0) is 112 Å². The molecule has 0 aromatic carbocycles. The van der Waals surface area contributed by atoms with E-state index in [1.807, 2.05) is 6.92 Å². The van der Waals surface area contributed by atoms with Crippen molar-refractivity contribution < 1.29 is 104 Å². The van der Waals surface area contributed by atoms with Crippen LogP contribution in [-0.4, -0.2) is 216 Å². The van der Waals surface area contributed by atoms with Crippen molar-refractivity contribution in [3.63, 3.8) is 0 Å². The Morgan fingerprint density at radius 2 is 1.25 bits per heavy atom. The quantitative estimate of drug-likeness (QED) is 0.0926. The molecule has 0 bridgehead atoms. The van der Waals surface area contributed by atoms with Gasteiger partial charge in [-0.1, -0.05) is 32.4 Å². The molecule has 12 N–H and O–H groups in total. The molecule has 412 valence electrons. The number of allylic oxidation sites excluding steroid dienone is 2. The van der Waals surface area contributed by atoms with E-state index in [1.165, 1.54) is 25.0 Å². The molecule has 3 saturated carbocycles. The Kier molecular flexibility index (Phi) is 16.7. The largest absolute Gasteiger partial charge is 0.494 e. The molecular formula is C51H82O21. The van der Waals surface area contributed by atoms with Crippen LogP contribution in [0.15, 0.2) is 23.0 Å². The second-order valence-electron chi connectivity index (χ2n) is 23.2. The van der Waals surface area contributed by atoms with Gasteiger partial charge in [-0.3, -0.25) is 0 Å². The Bertz CT molecular complexity index is 1920. The lowest BCUT2D eigenvalue weighted by Crippen LogP contribution is -2.66. The van der Waals surface area contributed by atoms with Crippen molar-refractivity contribution in [1.82, 2.24) is 0 Å². The lowest BCUT2D eigenvalue weighted by molar-refractivity contribution is -0.388. The van der Waals surface area contributed by atoms with Crippen molar-refractivity contribution >= 4 is 0 Å². The molecule has 29 atom stereocenters. The minimum atomic E-state index is -1.74. The van der Waals surface area contributed by atoms with Gasteiger partial charge in [0.25, 0.3) is 0 Å². The highest BCUT2D eigenvalue weighted by Gasteiger charge is 2.64. The second kappa shape index (κ2) is 21.7. The van der Waals surface area contributed by atoms with Gasteiger partial charge in [0, 0.05) is 12.3 Å². The highest BCUT2D eigenvalue weighted by atomic mass is 16.8. The predicted octanol–water partition coefficient (Wildman–Crippen LogP) is -1.03. The second-order valence-corrected chi connectivity index (χ2v) is 23.2. The Morgan fingerprint density at radius 3 is 1.89 bits per heavy atom. The molecule has 0 unspecified atom stereocenters. The van der Waals surface area contributed by atoms with Crippen molar-refractivity contribution in [2.75, 3.05) is 19.8 Å². The van der Waals surface area contributed by atoms with E-state index in [0.717, 1.165) is 50.7 Å². The first-order valence-electron chi connectivity index (χ1n) is 26.4. The first-order chi connectivity index (χ1) is 34.1. The number of ether oxygens (including phenoxy) is 9. The summed E-state index contributed by atoms with van der Waals surface area (Å²) in [5, 5.41) is 126. The van der Waals surface area contributed by atoms with Crippen molar-refractivity contribution in [2.24, 2.45) is 40.4 Å². The molecule has 21 heteroatoms. The molecule has 9 rings (SSSR count). The summed E-state index contributed by atoms with van der Waals surface area (Å²) in [6.45, 7) is 11.1. The Labute approximate surface area is 420 Å². The van der Waals surface area contributed by atoms with Crippen LogP contribution in [0, 0.1) is 40.4 Å². The average Bonchev–Trinajstić information content (AvgIpc) is 3.85. The molecule has 5 heterocycles. The van der Waals surface area contributed by atoms with Gasteiger partial charge in [-0.15, -0.1) is 0 Å². The van der Waals surface area contributed by atoms with Gasteiger partial charge >= 0.3 is 0 Å². The van der Waals surface area contributed by atoms with Crippen LogP contribution in [0.3, 0.4) is 0 Å². The monoisotopic (exact) mass is 1030 g/mol. The molecule has 21 nitrogen and oxygen atoms in total. The van der Waals surface area contributed by atoms with Gasteiger partial charge in [0.2, 0.25) is 0 Å². The number of aliphatic hydroxyl groups is 12. The molecule has 5 aliphatic heterocycles. The van der Waals surface area contributed by atoms with E-state index in [2.05, 4.69) is 26.8 Å². The third-order valence-corrected chi connectivity index (χ3v) is 18.8. The molecule has 0 radical (unpaired) electrons. The standard InChI is InChI=1S/C51H82O21/c1-20(19-64-46-40(60)39(59)36(56)31(17-52)69-46)7-10-29-21(2)33-30(68-29)16-28-26-9-8-24-15-25(11-13-50(24,5)27(26)12-14-51(28,33)6)67-49-45(72-48-42(62)38(58)35(55)23(4)66-48)43(63)44(32(18-53)70-49)71-47-41(61)37(57)34(54)22(3)65-47/h8,20,22-23,25-28,30-49,52-63H,7,9-19H2,1-6H3/t20-,22-,23-,25-,26+,27-,28-,30-,31+,32+,33+,34-,35-,36+,37+,38+,39-,40+,41+,42+,43-,44+,45+,46+,47-,48-,49+,50-,51-/m0/s1. The summed E-state index contributed by atoms with van der Waals surface area (Å²) in [5.41, 5.74) is 2.59. The molecular weight excluding hydrogens is 949 g/mol. The van der Waals surface area contributed by atoms with Crippen molar-refractivity contribution in [1.29, 1.82) is 0 Å². The topological polar surface area (TPSA) is 326 Å². The van der Waals surface area contributed by atoms with E-state index < -0.39 is 142 Å². The van der Waals surface area contributed by atoms with Crippen LogP contribution in [0.25, 0.3) is 0 Å². The minimum absolute atomic E-state index is 0.0680. The molecule has 0 aromatic rings. The number of fused-ring (bicyclic) bond motifs is 7. The highest BCUT2D eigenvalue weighted by Crippen LogP contribution is 2.69. The molecule has 9 aliphatic rings. The molecule has 0 spiro atoms. The van der Waals surface area contributed by atoms with Crippen LogP contribution in [0.4, 0.5) is 0 Å². The normalized spacial score (nSPS) is 52.9. The fourth-order valence-corrected chi connectivity index (χ4v) is 14.5. The van der Waals surface area contributed by atoms with E-state index in [9.17, 15) is 61.3 Å². The lowest BCUT2D eigenvalue weighted by Gasteiger charge is -2.58. The summed E-state index contributed by atoms with van der Waals surface area (Å²) in [4.78, 5) is 0. The molecule has 7 fully saturated rings. The number of aliphatic hydroxyl groups excluding tert-OH is 12. The van der Waals surface area contributed by atoms with Crippen molar-refractivity contribution in [2.45, 2.75) is 234 Å². The van der Waals surface area contributed by atoms with E-state index in [0.29, 0.717) is 36.5 Å². The van der Waals surface area contributed by atoms with E-state index >= 15 is 0 Å². The van der Waals surface area contributed by atoms with Gasteiger partial charge in [-0.2, -0.15) is 0 Å². The summed E-state index contributed by atoms with van der Waals surface area (Å²) < 4.78 is 54.8. The van der Waals surface area contributed by atoms with E-state index in [1.54, 1.807) is 0 Å². The summed E-state index contributed by atoms with van der Waals surface area (Å²) in [6, 6.07) is 0.